The first-order valence-corrected chi connectivity index (χ1v) is 9.11. The van der Waals surface area contributed by atoms with Gasteiger partial charge in [-0.15, -0.1) is 0 Å². The van der Waals surface area contributed by atoms with E-state index in [4.69, 9.17) is 0 Å². The summed E-state index contributed by atoms with van der Waals surface area (Å²) >= 11 is 0. The van der Waals surface area contributed by atoms with Gasteiger partial charge in [-0.05, 0) is 57.3 Å². The molecule has 3 nitrogen and oxygen atoms in total. The van der Waals surface area contributed by atoms with Crippen LogP contribution in [-0.2, 0) is 9.59 Å². The number of carbonyl (C=O) groups excluding carboxylic acids is 2. The molecule has 3 fully saturated rings. The lowest BCUT2D eigenvalue weighted by Gasteiger charge is -2.60. The highest BCUT2D eigenvalue weighted by molar-refractivity contribution is 5.88. The van der Waals surface area contributed by atoms with Crippen molar-refractivity contribution in [2.45, 2.75) is 71.3 Å². The largest absolute Gasteiger partial charge is 0.389 e. The highest BCUT2D eigenvalue weighted by atomic mass is 16.3. The summed E-state index contributed by atoms with van der Waals surface area (Å²) in [6, 6.07) is 0. The minimum atomic E-state index is -0.897. The molecule has 0 unspecified atom stereocenters. The van der Waals surface area contributed by atoms with Gasteiger partial charge in [0, 0.05) is 17.8 Å². The van der Waals surface area contributed by atoms with E-state index in [-0.39, 0.29) is 35.2 Å². The lowest BCUT2D eigenvalue weighted by Crippen LogP contribution is -2.63. The van der Waals surface area contributed by atoms with Crippen LogP contribution in [0.5, 0.6) is 0 Å². The van der Waals surface area contributed by atoms with Crippen molar-refractivity contribution >= 4 is 11.6 Å². The van der Waals surface area contributed by atoms with Crippen molar-refractivity contribution in [2.75, 3.05) is 0 Å². The Morgan fingerprint density at radius 2 is 1.96 bits per heavy atom. The molecule has 3 heteroatoms. The third-order valence-corrected chi connectivity index (χ3v) is 7.32. The van der Waals surface area contributed by atoms with Crippen LogP contribution in [-0.4, -0.2) is 22.3 Å². The van der Waals surface area contributed by atoms with E-state index < -0.39 is 11.0 Å². The second-order valence-corrected chi connectivity index (χ2v) is 8.64. The molecule has 6 atom stereocenters. The Morgan fingerprint density at radius 1 is 1.26 bits per heavy atom. The van der Waals surface area contributed by atoms with Crippen LogP contribution in [0.15, 0.2) is 12.2 Å². The zero-order chi connectivity index (χ0) is 17.0. The molecule has 128 valence electrons. The molecule has 0 aliphatic heterocycles. The van der Waals surface area contributed by atoms with Gasteiger partial charge in [0.1, 0.15) is 11.6 Å². The molecule has 0 bridgehead atoms. The first kappa shape index (κ1) is 16.9. The van der Waals surface area contributed by atoms with Gasteiger partial charge in [-0.2, -0.15) is 0 Å². The quantitative estimate of drug-likeness (QED) is 0.790. The molecule has 0 aromatic rings. The van der Waals surface area contributed by atoms with Gasteiger partial charge in [0.05, 0.1) is 5.60 Å². The summed E-state index contributed by atoms with van der Waals surface area (Å²) in [5, 5.41) is 11.4. The maximum absolute atomic E-state index is 13.0. The summed E-state index contributed by atoms with van der Waals surface area (Å²) in [6.07, 6.45) is 5.75. The lowest BCUT2D eigenvalue weighted by atomic mass is 9.45. The predicted molar refractivity (Wildman–Crippen MR) is 89.8 cm³/mol. The van der Waals surface area contributed by atoms with Gasteiger partial charge in [-0.25, -0.2) is 0 Å². The third-order valence-electron chi connectivity index (χ3n) is 7.32. The SMILES string of the molecule is C=C(C)[C@H]1CC(=O)[C@@]2(C)C[C@@H](C(C)=O)[C@]3(O)CCCC[C@H]3[C@@H]2C1. The summed E-state index contributed by atoms with van der Waals surface area (Å²) in [5.74, 6) is 0.455. The first-order chi connectivity index (χ1) is 10.7. The summed E-state index contributed by atoms with van der Waals surface area (Å²) in [4.78, 5) is 25.2. The van der Waals surface area contributed by atoms with Crippen molar-refractivity contribution in [1.82, 2.24) is 0 Å². The summed E-state index contributed by atoms with van der Waals surface area (Å²) in [5.41, 5.74) is -0.268. The number of hydrogen-bond acceptors (Lipinski definition) is 3. The second-order valence-electron chi connectivity index (χ2n) is 8.64. The monoisotopic (exact) mass is 318 g/mol. The molecular formula is C20H30O3. The van der Waals surface area contributed by atoms with Crippen LogP contribution in [0.4, 0.5) is 0 Å². The second kappa shape index (κ2) is 5.54. The zero-order valence-electron chi connectivity index (χ0n) is 14.7. The Morgan fingerprint density at radius 3 is 2.57 bits per heavy atom. The normalized spacial score (nSPS) is 46.7. The van der Waals surface area contributed by atoms with E-state index in [1.54, 1.807) is 6.92 Å². The Bertz CT molecular complexity index is 551. The molecule has 0 saturated heterocycles. The van der Waals surface area contributed by atoms with Crippen LogP contribution in [0, 0.1) is 29.1 Å². The number of aliphatic hydroxyl groups is 1. The Kier molecular flexibility index (Phi) is 4.07. The van der Waals surface area contributed by atoms with Crippen LogP contribution < -0.4 is 0 Å². The van der Waals surface area contributed by atoms with Crippen molar-refractivity contribution in [2.24, 2.45) is 29.1 Å². The Hall–Kier alpha value is -0.960. The molecule has 0 amide bonds. The molecule has 3 aliphatic rings. The molecule has 0 radical (unpaired) electrons. The fraction of sp³-hybridized carbons (Fsp3) is 0.800. The molecular weight excluding hydrogens is 288 g/mol. The molecule has 3 saturated carbocycles. The molecule has 0 spiro atoms. The number of Topliss-reactive ketones (excluding diaryl/α,β-unsaturated/α-hetero) is 2. The number of allylic oxidation sites excluding steroid dienone is 1. The van der Waals surface area contributed by atoms with Gasteiger partial charge in [-0.3, -0.25) is 9.59 Å². The lowest BCUT2D eigenvalue weighted by molar-refractivity contribution is -0.193. The molecule has 23 heavy (non-hydrogen) atoms. The van der Waals surface area contributed by atoms with E-state index in [0.717, 1.165) is 31.3 Å². The standard InChI is InChI=1S/C20H30O3/c1-12(2)14-9-16-15-7-5-6-8-20(15,23)17(13(3)21)11-19(16,4)18(22)10-14/h14-17,23H,1,5-11H2,2-4H3/t14-,15+,16+,17+,19+,20+/m1/s1. The van der Waals surface area contributed by atoms with Crippen molar-refractivity contribution in [3.05, 3.63) is 12.2 Å². The average Bonchev–Trinajstić information content (AvgIpc) is 2.47. The molecule has 3 aliphatic carbocycles. The molecule has 0 aromatic heterocycles. The van der Waals surface area contributed by atoms with Crippen molar-refractivity contribution in [3.8, 4) is 0 Å². The minimum Gasteiger partial charge on any atom is -0.389 e. The van der Waals surface area contributed by atoms with Crippen molar-refractivity contribution < 1.29 is 14.7 Å². The van der Waals surface area contributed by atoms with E-state index in [1.165, 1.54) is 0 Å². The topological polar surface area (TPSA) is 54.4 Å². The van der Waals surface area contributed by atoms with Crippen molar-refractivity contribution in [1.29, 1.82) is 0 Å². The summed E-state index contributed by atoms with van der Waals surface area (Å²) < 4.78 is 0. The van der Waals surface area contributed by atoms with Crippen LogP contribution in [0.3, 0.4) is 0 Å². The maximum Gasteiger partial charge on any atom is 0.139 e. The number of rotatable bonds is 2. The van der Waals surface area contributed by atoms with Crippen LogP contribution in [0.25, 0.3) is 0 Å². The van der Waals surface area contributed by atoms with Gasteiger partial charge >= 0.3 is 0 Å². The maximum atomic E-state index is 13.0. The van der Waals surface area contributed by atoms with E-state index in [0.29, 0.717) is 19.3 Å². The van der Waals surface area contributed by atoms with Gasteiger partial charge in [0.2, 0.25) is 0 Å². The van der Waals surface area contributed by atoms with E-state index in [1.807, 2.05) is 6.92 Å². The van der Waals surface area contributed by atoms with Gasteiger partial charge in [-0.1, -0.05) is 31.9 Å². The highest BCUT2D eigenvalue weighted by Crippen LogP contribution is 2.61. The molecule has 0 heterocycles. The highest BCUT2D eigenvalue weighted by Gasteiger charge is 2.63. The average molecular weight is 318 g/mol. The number of carbonyl (C=O) groups is 2. The number of ketones is 2. The Balaban J connectivity index is 2.03. The van der Waals surface area contributed by atoms with E-state index in [9.17, 15) is 14.7 Å². The van der Waals surface area contributed by atoms with Crippen LogP contribution in [0.1, 0.15) is 65.7 Å². The molecule has 3 rings (SSSR count). The van der Waals surface area contributed by atoms with Gasteiger partial charge in [0.25, 0.3) is 0 Å². The van der Waals surface area contributed by atoms with Crippen LogP contribution >= 0.6 is 0 Å². The molecule has 1 N–H and O–H groups in total. The fourth-order valence-corrected chi connectivity index (χ4v) is 5.85. The Labute approximate surface area is 139 Å². The third kappa shape index (κ3) is 2.43. The van der Waals surface area contributed by atoms with Gasteiger partial charge < -0.3 is 5.11 Å². The van der Waals surface area contributed by atoms with E-state index >= 15 is 0 Å². The smallest absolute Gasteiger partial charge is 0.139 e. The minimum absolute atomic E-state index is 0.0499. The summed E-state index contributed by atoms with van der Waals surface area (Å²) in [6.45, 7) is 9.72. The van der Waals surface area contributed by atoms with Crippen LogP contribution in [0.2, 0.25) is 0 Å². The number of hydrogen-bond donors (Lipinski definition) is 1. The first-order valence-electron chi connectivity index (χ1n) is 9.11. The van der Waals surface area contributed by atoms with E-state index in [2.05, 4.69) is 13.5 Å². The fourth-order valence-electron chi connectivity index (χ4n) is 5.85. The number of fused-ring (bicyclic) bond motifs is 3. The van der Waals surface area contributed by atoms with Crippen molar-refractivity contribution in [3.63, 3.8) is 0 Å². The zero-order valence-corrected chi connectivity index (χ0v) is 14.7. The summed E-state index contributed by atoms with van der Waals surface area (Å²) in [7, 11) is 0. The predicted octanol–water partition coefficient (Wildman–Crippen LogP) is 3.69. The molecule has 0 aromatic carbocycles. The van der Waals surface area contributed by atoms with Gasteiger partial charge in [0.15, 0.2) is 0 Å².